The number of amides is 2. The number of rotatable bonds is 7. The number of carbonyl (C=O) groups excluding carboxylic acids is 2. The lowest BCUT2D eigenvalue weighted by molar-refractivity contribution is 0.0941. The summed E-state index contributed by atoms with van der Waals surface area (Å²) in [6.45, 7) is 7.11. The van der Waals surface area contributed by atoms with Crippen LogP contribution >= 0.6 is 23.1 Å². The van der Waals surface area contributed by atoms with Gasteiger partial charge < -0.3 is 21.7 Å². The van der Waals surface area contributed by atoms with E-state index in [1.165, 1.54) is 16.9 Å². The van der Waals surface area contributed by atoms with Gasteiger partial charge in [0.2, 0.25) is 0 Å². The zero-order valence-corrected chi connectivity index (χ0v) is 24.1. The average molecular weight is 564 g/mol. The van der Waals surface area contributed by atoms with Crippen LogP contribution < -0.4 is 21.7 Å². The molecule has 0 saturated heterocycles. The highest BCUT2D eigenvalue weighted by molar-refractivity contribution is 7.20. The lowest BCUT2D eigenvalue weighted by atomic mass is 9.71. The summed E-state index contributed by atoms with van der Waals surface area (Å²) in [5, 5.41) is 9.77. The molecule has 0 radical (unpaired) electrons. The molecule has 3 aromatic heterocycles. The first kappa shape index (κ1) is 27.2. The molecule has 3 heterocycles. The van der Waals surface area contributed by atoms with E-state index >= 15 is 0 Å². The lowest BCUT2D eigenvalue weighted by Crippen LogP contribution is -2.33. The van der Waals surface area contributed by atoms with E-state index in [1.807, 2.05) is 18.2 Å². The van der Waals surface area contributed by atoms with Gasteiger partial charge in [0.15, 0.2) is 11.5 Å². The van der Waals surface area contributed by atoms with Gasteiger partial charge in [0.05, 0.1) is 22.6 Å². The number of hydrogen-bond donors (Lipinski definition) is 4. The van der Waals surface area contributed by atoms with Crippen molar-refractivity contribution in [1.82, 2.24) is 19.0 Å². The van der Waals surface area contributed by atoms with Crippen molar-refractivity contribution in [3.05, 3.63) is 63.8 Å². The second kappa shape index (κ2) is 11.0. The van der Waals surface area contributed by atoms with Crippen LogP contribution in [0.5, 0.6) is 0 Å². The SMILES string of the molecule is CNc1nsnc1C(=O)Nc1cccc([C@@H](CN)NC(=O)c2cc3cc4c(nc3s2)CC[C@@H](C(C)(C)C)C4)c1. The van der Waals surface area contributed by atoms with Crippen molar-refractivity contribution in [2.45, 2.75) is 46.1 Å². The number of nitrogens with zero attached hydrogens (tertiary/aromatic N) is 3. The fourth-order valence-electron chi connectivity index (χ4n) is 5.01. The van der Waals surface area contributed by atoms with E-state index in [4.69, 9.17) is 10.7 Å². The maximum Gasteiger partial charge on any atom is 0.279 e. The molecule has 5 N–H and O–H groups in total. The molecule has 0 spiro atoms. The van der Waals surface area contributed by atoms with Crippen molar-refractivity contribution in [1.29, 1.82) is 0 Å². The molecule has 9 nitrogen and oxygen atoms in total. The standard InChI is InChI=1S/C28H33N7O2S2/c1-28(2,3)18-8-9-20-16(11-18)10-17-13-22(38-27(17)33-20)25(36)32-21(14-29)15-6-5-7-19(12-15)31-26(37)23-24(30-4)35-39-34-23/h5-7,10,12-13,18,21H,8-9,11,14,29H2,1-4H3,(H,30,35)(H,31,37)(H,32,36)/t18-,21-/m1/s1. The van der Waals surface area contributed by atoms with Crippen LogP contribution in [-0.4, -0.2) is 39.1 Å². The Morgan fingerprint density at radius 1 is 1.15 bits per heavy atom. The smallest absolute Gasteiger partial charge is 0.279 e. The fraction of sp³-hybridized carbons (Fsp3) is 0.393. The summed E-state index contributed by atoms with van der Waals surface area (Å²) in [7, 11) is 1.69. The van der Waals surface area contributed by atoms with Gasteiger partial charge in [0.25, 0.3) is 11.8 Å². The molecule has 4 aromatic rings. The summed E-state index contributed by atoms with van der Waals surface area (Å²) in [5.41, 5.74) is 10.4. The Kier molecular flexibility index (Phi) is 7.66. The number of hydrogen-bond acceptors (Lipinski definition) is 9. The second-order valence-electron chi connectivity index (χ2n) is 11.0. The van der Waals surface area contributed by atoms with Crippen LogP contribution in [0.4, 0.5) is 11.5 Å². The van der Waals surface area contributed by atoms with Gasteiger partial charge in [-0.2, -0.15) is 8.75 Å². The van der Waals surface area contributed by atoms with Crippen LogP contribution in [-0.2, 0) is 12.8 Å². The first-order valence-corrected chi connectivity index (χ1v) is 14.6. The number of aryl methyl sites for hydroxylation is 1. The molecule has 1 aliphatic carbocycles. The number of anilines is 2. The summed E-state index contributed by atoms with van der Waals surface area (Å²) in [6, 6.07) is 11.0. The molecule has 11 heteroatoms. The molecular formula is C28H33N7O2S2. The molecule has 2 atom stereocenters. The Bertz CT molecular complexity index is 1520. The largest absolute Gasteiger partial charge is 0.370 e. The molecule has 0 unspecified atom stereocenters. The molecule has 5 rings (SSSR count). The maximum atomic E-state index is 13.3. The van der Waals surface area contributed by atoms with E-state index in [-0.39, 0.29) is 29.5 Å². The van der Waals surface area contributed by atoms with Crippen molar-refractivity contribution in [3.63, 3.8) is 0 Å². The summed E-state index contributed by atoms with van der Waals surface area (Å²) < 4.78 is 8.12. The van der Waals surface area contributed by atoms with Crippen molar-refractivity contribution < 1.29 is 9.59 Å². The van der Waals surface area contributed by atoms with Gasteiger partial charge in [0, 0.05) is 30.4 Å². The van der Waals surface area contributed by atoms with E-state index in [9.17, 15) is 9.59 Å². The predicted octanol–water partition coefficient (Wildman–Crippen LogP) is 5.02. The summed E-state index contributed by atoms with van der Waals surface area (Å²) in [6.07, 6.45) is 3.14. The van der Waals surface area contributed by atoms with Gasteiger partial charge in [0.1, 0.15) is 4.83 Å². The van der Waals surface area contributed by atoms with Crippen LogP contribution in [0.1, 0.15) is 70.2 Å². The predicted molar refractivity (Wildman–Crippen MR) is 158 cm³/mol. The first-order chi connectivity index (χ1) is 18.7. The van der Waals surface area contributed by atoms with Crippen LogP contribution in [0.3, 0.4) is 0 Å². The number of thiophene rings is 1. The topological polar surface area (TPSA) is 135 Å². The number of benzene rings is 1. The number of pyridine rings is 1. The Labute approximate surface area is 236 Å². The number of nitrogens with one attached hydrogen (secondary N) is 3. The minimum atomic E-state index is -0.429. The Balaban J connectivity index is 1.31. The summed E-state index contributed by atoms with van der Waals surface area (Å²) in [5.74, 6) is 0.488. The third kappa shape index (κ3) is 5.80. The van der Waals surface area contributed by atoms with Crippen molar-refractivity contribution in [2.75, 3.05) is 24.2 Å². The molecule has 39 heavy (non-hydrogen) atoms. The number of nitrogens with two attached hydrogens (primary N) is 1. The molecular weight excluding hydrogens is 530 g/mol. The third-order valence-electron chi connectivity index (χ3n) is 7.35. The highest BCUT2D eigenvalue weighted by Crippen LogP contribution is 2.38. The zero-order valence-electron chi connectivity index (χ0n) is 22.5. The highest BCUT2D eigenvalue weighted by Gasteiger charge is 2.30. The molecule has 0 aliphatic heterocycles. The van der Waals surface area contributed by atoms with Crippen LogP contribution in [0, 0.1) is 11.3 Å². The van der Waals surface area contributed by atoms with Gasteiger partial charge in [-0.25, -0.2) is 4.98 Å². The minimum absolute atomic E-state index is 0.194. The Morgan fingerprint density at radius 2 is 1.97 bits per heavy atom. The number of fused-ring (bicyclic) bond motifs is 2. The molecule has 204 valence electrons. The van der Waals surface area contributed by atoms with Gasteiger partial charge in [-0.3, -0.25) is 9.59 Å². The summed E-state index contributed by atoms with van der Waals surface area (Å²) >= 11 is 2.37. The average Bonchev–Trinajstić information content (AvgIpc) is 3.56. The van der Waals surface area contributed by atoms with Crippen LogP contribution in [0.2, 0.25) is 0 Å². The Hall–Kier alpha value is -3.41. The molecule has 1 aromatic carbocycles. The molecule has 2 amide bonds. The van der Waals surface area contributed by atoms with E-state index in [0.29, 0.717) is 22.3 Å². The molecule has 0 saturated carbocycles. The van der Waals surface area contributed by atoms with Gasteiger partial charge in [-0.1, -0.05) is 32.9 Å². The zero-order chi connectivity index (χ0) is 27.7. The van der Waals surface area contributed by atoms with Gasteiger partial charge in [-0.05, 0) is 66.0 Å². The second-order valence-corrected chi connectivity index (χ2v) is 12.5. The fourth-order valence-corrected chi connectivity index (χ4v) is 6.50. The van der Waals surface area contributed by atoms with E-state index in [1.54, 1.807) is 19.2 Å². The lowest BCUT2D eigenvalue weighted by Gasteiger charge is -2.34. The maximum absolute atomic E-state index is 13.3. The monoisotopic (exact) mass is 563 g/mol. The molecule has 0 fully saturated rings. The van der Waals surface area contributed by atoms with Gasteiger partial charge >= 0.3 is 0 Å². The third-order valence-corrected chi connectivity index (χ3v) is 8.92. The summed E-state index contributed by atoms with van der Waals surface area (Å²) in [4.78, 5) is 32.4. The highest BCUT2D eigenvalue weighted by atomic mass is 32.1. The van der Waals surface area contributed by atoms with Crippen molar-refractivity contribution in [3.8, 4) is 0 Å². The van der Waals surface area contributed by atoms with E-state index < -0.39 is 6.04 Å². The Morgan fingerprint density at radius 3 is 2.72 bits per heavy atom. The van der Waals surface area contributed by atoms with E-state index in [0.717, 1.165) is 52.5 Å². The molecule has 0 bridgehead atoms. The number of carbonyl (C=O) groups is 2. The van der Waals surface area contributed by atoms with Crippen molar-refractivity contribution >= 4 is 56.6 Å². The first-order valence-electron chi connectivity index (χ1n) is 13.0. The van der Waals surface area contributed by atoms with Crippen LogP contribution in [0.25, 0.3) is 10.2 Å². The number of aromatic nitrogens is 3. The van der Waals surface area contributed by atoms with E-state index in [2.05, 4.69) is 51.5 Å². The van der Waals surface area contributed by atoms with Crippen molar-refractivity contribution in [2.24, 2.45) is 17.1 Å². The van der Waals surface area contributed by atoms with Gasteiger partial charge in [-0.15, -0.1) is 11.3 Å². The molecule has 1 aliphatic rings. The quantitative estimate of drug-likeness (QED) is 0.248. The minimum Gasteiger partial charge on any atom is -0.370 e. The normalized spacial score (nSPS) is 16.0. The van der Waals surface area contributed by atoms with Crippen LogP contribution in [0.15, 0.2) is 36.4 Å².